The molecule has 0 atom stereocenters. The van der Waals surface area contributed by atoms with Crippen molar-refractivity contribution in [1.82, 2.24) is 0 Å². The number of hydrogen-bond acceptors (Lipinski definition) is 7. The zero-order chi connectivity index (χ0) is 9.24. The molecule has 1 heterocycles. The Balaban J connectivity index is 2.59. The lowest BCUT2D eigenvalue weighted by Crippen LogP contribution is -2.11. The van der Waals surface area contributed by atoms with Crippen molar-refractivity contribution < 1.29 is 41.0 Å². The molecule has 1 saturated heterocycles. The van der Waals surface area contributed by atoms with E-state index in [1.165, 1.54) is 0 Å². The number of phosphoric ester groups is 1. The smallest absolute Gasteiger partial charge is 0.258 e. The van der Waals surface area contributed by atoms with Gasteiger partial charge in [0.25, 0.3) is 0 Å². The number of phosphoric acid groups is 2. The first kappa shape index (κ1) is 10.2. The lowest BCUT2D eigenvalue weighted by molar-refractivity contribution is -0.117. The molecule has 1 aliphatic rings. The maximum absolute atomic E-state index is 11.2. The van der Waals surface area contributed by atoms with Crippen molar-refractivity contribution in [3.05, 3.63) is 0 Å². The second-order valence-electron chi connectivity index (χ2n) is 1.49. The van der Waals surface area contributed by atoms with Crippen molar-refractivity contribution >= 4 is 15.6 Å². The van der Waals surface area contributed by atoms with Gasteiger partial charge in [-0.05, 0) is 9.05 Å². The van der Waals surface area contributed by atoms with Gasteiger partial charge in [-0.25, -0.2) is 9.13 Å². The molecule has 1 aliphatic heterocycles. The van der Waals surface area contributed by atoms with E-state index in [-0.39, 0.29) is 0 Å². The molecule has 0 aromatic heterocycles. The molecule has 1 rings (SSSR count). The van der Waals surface area contributed by atoms with Crippen LogP contribution < -0.4 is 0 Å². The van der Waals surface area contributed by atoms with Crippen LogP contribution in [0.25, 0.3) is 0 Å². The van der Waals surface area contributed by atoms with Crippen LogP contribution in [-0.2, 0) is 31.9 Å². The Hall–Kier alpha value is 0.120. The van der Waals surface area contributed by atoms with Crippen LogP contribution >= 0.6 is 15.6 Å². The average Bonchev–Trinajstić information content (AvgIpc) is 2.02. The lowest BCUT2D eigenvalue weighted by atomic mass is 11.6. The highest BCUT2D eigenvalue weighted by Gasteiger charge is 2.47. The first-order valence-electron chi connectivity index (χ1n) is 2.35. The molecule has 1 fully saturated rings. The average molecular weight is 226 g/mol. The van der Waals surface area contributed by atoms with Gasteiger partial charge in [-0.2, -0.15) is 4.31 Å². The standard InChI is InChI=1S/CH2F2O7P2/c2-8-12(5,9-3)10-11(4)6-1-7-11/h1H2. The largest absolute Gasteiger partial charge is 0.546 e. The van der Waals surface area contributed by atoms with Crippen molar-refractivity contribution in [3.63, 3.8) is 0 Å². The van der Waals surface area contributed by atoms with Gasteiger partial charge in [-0.3, -0.25) is 9.05 Å². The minimum Gasteiger partial charge on any atom is -0.258 e. The Morgan fingerprint density at radius 3 is 2.08 bits per heavy atom. The summed E-state index contributed by atoms with van der Waals surface area (Å²) in [5.41, 5.74) is 0. The Labute approximate surface area is 64.5 Å². The van der Waals surface area contributed by atoms with Crippen molar-refractivity contribution in [1.29, 1.82) is 0 Å². The SMILES string of the molecule is O=P(OF)(OF)OP1(=O)OCO1. The first-order valence-corrected chi connectivity index (χ1v) is 5.27. The summed E-state index contributed by atoms with van der Waals surface area (Å²) in [5, 5.41) is 0. The number of rotatable bonds is 4. The van der Waals surface area contributed by atoms with Crippen LogP contribution in [0.2, 0.25) is 0 Å². The van der Waals surface area contributed by atoms with E-state index in [0.717, 1.165) is 0 Å². The highest BCUT2D eigenvalue weighted by atomic mass is 31.3. The fourth-order valence-corrected chi connectivity index (χ4v) is 2.20. The van der Waals surface area contributed by atoms with E-state index in [2.05, 4.69) is 22.8 Å². The fraction of sp³-hybridized carbons (Fsp3) is 1.00. The molecule has 12 heavy (non-hydrogen) atoms. The molecule has 0 aliphatic carbocycles. The summed E-state index contributed by atoms with van der Waals surface area (Å²) in [6.07, 6.45) is 0. The van der Waals surface area contributed by atoms with Gasteiger partial charge in [0, 0.05) is 0 Å². The topological polar surface area (TPSA) is 80.3 Å². The summed E-state index contributed by atoms with van der Waals surface area (Å²) in [6.45, 7) is -0.393. The van der Waals surface area contributed by atoms with Gasteiger partial charge >= 0.3 is 15.6 Å². The molecule has 0 N–H and O–H groups in total. The quantitative estimate of drug-likeness (QED) is 0.678. The van der Waals surface area contributed by atoms with Crippen LogP contribution in [0.1, 0.15) is 0 Å². The maximum Gasteiger partial charge on any atom is 0.546 e. The van der Waals surface area contributed by atoms with E-state index >= 15 is 0 Å². The zero-order valence-electron chi connectivity index (χ0n) is 5.22. The molecule has 0 bridgehead atoms. The van der Waals surface area contributed by atoms with Crippen molar-refractivity contribution in [2.24, 2.45) is 0 Å². The molecule has 0 spiro atoms. The normalized spacial score (nSPS) is 21.8. The second kappa shape index (κ2) is 3.47. The van der Waals surface area contributed by atoms with E-state index in [4.69, 9.17) is 0 Å². The van der Waals surface area contributed by atoms with Crippen molar-refractivity contribution in [3.8, 4) is 0 Å². The van der Waals surface area contributed by atoms with E-state index in [9.17, 15) is 18.2 Å². The lowest BCUT2D eigenvalue weighted by Gasteiger charge is -2.24. The Morgan fingerprint density at radius 2 is 1.83 bits per heavy atom. The summed E-state index contributed by atoms with van der Waals surface area (Å²) in [6, 6.07) is 0. The zero-order valence-corrected chi connectivity index (χ0v) is 7.00. The monoisotopic (exact) mass is 226 g/mol. The van der Waals surface area contributed by atoms with Crippen LogP contribution in [0.5, 0.6) is 0 Å². The summed E-state index contributed by atoms with van der Waals surface area (Å²) in [4.78, 5) is 0. The molecular weight excluding hydrogens is 224 g/mol. The third-order valence-electron chi connectivity index (χ3n) is 0.791. The second-order valence-corrected chi connectivity index (χ2v) is 4.72. The van der Waals surface area contributed by atoms with Gasteiger partial charge in [0.05, 0.1) is 0 Å². The molecule has 11 heteroatoms. The summed E-state index contributed by atoms with van der Waals surface area (Å²) < 4.78 is 60.3. The Morgan fingerprint density at radius 1 is 1.33 bits per heavy atom. The van der Waals surface area contributed by atoms with Gasteiger partial charge in [-0.1, -0.05) is 9.46 Å². The fourth-order valence-electron chi connectivity index (χ4n) is 0.344. The van der Waals surface area contributed by atoms with Crippen LogP contribution in [0, 0.1) is 0 Å². The molecule has 7 nitrogen and oxygen atoms in total. The number of hydrogen-bond donors (Lipinski definition) is 0. The molecule has 0 amide bonds. The Bertz CT molecular complexity index is 236. The van der Waals surface area contributed by atoms with Gasteiger partial charge in [-0.15, -0.1) is 0 Å². The van der Waals surface area contributed by atoms with Gasteiger partial charge in [0.15, 0.2) is 6.79 Å². The molecular formula is CH2F2O7P2. The third kappa shape index (κ3) is 2.08. The van der Waals surface area contributed by atoms with Crippen LogP contribution in [0.4, 0.5) is 9.05 Å². The summed E-state index contributed by atoms with van der Waals surface area (Å²) >= 11 is 0. The Kier molecular flexibility index (Phi) is 2.95. The molecule has 0 radical (unpaired) electrons. The van der Waals surface area contributed by atoms with Gasteiger partial charge in [0.2, 0.25) is 0 Å². The van der Waals surface area contributed by atoms with Crippen LogP contribution in [0.15, 0.2) is 0 Å². The molecule has 0 aromatic rings. The van der Waals surface area contributed by atoms with Crippen molar-refractivity contribution in [2.45, 2.75) is 0 Å². The third-order valence-corrected chi connectivity index (χ3v) is 3.57. The van der Waals surface area contributed by atoms with E-state index in [1.54, 1.807) is 0 Å². The highest BCUT2D eigenvalue weighted by Crippen LogP contribution is 2.69. The minimum absolute atomic E-state index is 0.393. The van der Waals surface area contributed by atoms with Crippen LogP contribution in [0.3, 0.4) is 0 Å². The predicted molar refractivity (Wildman–Crippen MR) is 27.7 cm³/mol. The van der Waals surface area contributed by atoms with Crippen LogP contribution in [-0.4, -0.2) is 6.79 Å². The molecule has 0 unspecified atom stereocenters. The summed E-state index contributed by atoms with van der Waals surface area (Å²) in [7, 11) is -9.25. The highest BCUT2D eigenvalue weighted by molar-refractivity contribution is 7.62. The van der Waals surface area contributed by atoms with E-state index in [1.807, 2.05) is 0 Å². The van der Waals surface area contributed by atoms with Gasteiger partial charge < -0.3 is 0 Å². The molecule has 0 aromatic carbocycles. The first-order chi connectivity index (χ1) is 5.54. The van der Waals surface area contributed by atoms with Gasteiger partial charge in [0.1, 0.15) is 0 Å². The van der Waals surface area contributed by atoms with E-state index < -0.39 is 22.4 Å². The van der Waals surface area contributed by atoms with Crippen molar-refractivity contribution in [2.75, 3.05) is 6.79 Å². The minimum atomic E-state index is -5.11. The molecule has 72 valence electrons. The number of halogens is 2. The molecule has 0 saturated carbocycles. The summed E-state index contributed by atoms with van der Waals surface area (Å²) in [5.74, 6) is 0. The van der Waals surface area contributed by atoms with E-state index in [0.29, 0.717) is 0 Å². The predicted octanol–water partition coefficient (Wildman–Crippen LogP) is 2.03. The maximum atomic E-state index is 11.2.